The van der Waals surface area contributed by atoms with Crippen LogP contribution in [0.4, 0.5) is 0 Å². The van der Waals surface area contributed by atoms with E-state index in [1.54, 1.807) is 30.3 Å². The van der Waals surface area contributed by atoms with Gasteiger partial charge in [0.05, 0.1) is 5.69 Å². The monoisotopic (exact) mass is 237 g/mol. The highest BCUT2D eigenvalue weighted by Crippen LogP contribution is 2.32. The number of fused-ring (bicyclic) bond motifs is 1. The van der Waals surface area contributed by atoms with Gasteiger partial charge in [-0.25, -0.2) is 0 Å². The number of rotatable bonds is 1. The summed E-state index contributed by atoms with van der Waals surface area (Å²) in [6.07, 6.45) is 0. The van der Waals surface area contributed by atoms with Crippen LogP contribution >= 0.6 is 0 Å². The second-order valence-electron chi connectivity index (χ2n) is 4.41. The molecule has 0 N–H and O–H groups in total. The first kappa shape index (κ1) is 10.8. The largest absolute Gasteiger partial charge is 0.293 e. The average molecular weight is 237 g/mol. The van der Waals surface area contributed by atoms with Crippen molar-refractivity contribution < 1.29 is 9.59 Å². The minimum Gasteiger partial charge on any atom is -0.293 e. The van der Waals surface area contributed by atoms with Crippen molar-refractivity contribution in [2.75, 3.05) is 0 Å². The number of hydrogen-bond acceptors (Lipinski definition) is 3. The molecule has 1 aliphatic carbocycles. The number of hydrogen-bond donors (Lipinski definition) is 0. The molecule has 0 radical (unpaired) electrons. The van der Waals surface area contributed by atoms with Gasteiger partial charge in [-0.15, -0.1) is 0 Å². The summed E-state index contributed by atoms with van der Waals surface area (Å²) < 4.78 is 0. The summed E-state index contributed by atoms with van der Waals surface area (Å²) in [5.74, 6) is -1.05. The third-order valence-corrected chi connectivity index (χ3v) is 3.19. The molecule has 0 saturated carbocycles. The van der Waals surface area contributed by atoms with Crippen molar-refractivity contribution in [2.24, 2.45) is 0 Å². The molecule has 0 aliphatic heterocycles. The molecule has 3 nitrogen and oxygen atoms in total. The van der Waals surface area contributed by atoms with E-state index in [9.17, 15) is 9.59 Å². The van der Waals surface area contributed by atoms with Gasteiger partial charge < -0.3 is 0 Å². The van der Waals surface area contributed by atoms with Crippen molar-refractivity contribution in [3.05, 3.63) is 65.0 Å². The van der Waals surface area contributed by atoms with Gasteiger partial charge in [-0.2, -0.15) is 0 Å². The first-order chi connectivity index (χ1) is 8.68. The van der Waals surface area contributed by atoms with Crippen LogP contribution in [0.1, 0.15) is 38.0 Å². The zero-order chi connectivity index (χ0) is 12.7. The van der Waals surface area contributed by atoms with Gasteiger partial charge in [0.1, 0.15) is 5.92 Å². The van der Waals surface area contributed by atoms with Gasteiger partial charge in [-0.3, -0.25) is 14.6 Å². The molecule has 1 aromatic heterocycles. The molecule has 3 rings (SSSR count). The molecule has 0 unspecified atom stereocenters. The Labute approximate surface area is 104 Å². The van der Waals surface area contributed by atoms with Gasteiger partial charge in [0.2, 0.25) is 0 Å². The van der Waals surface area contributed by atoms with Crippen LogP contribution in [-0.4, -0.2) is 16.6 Å². The second-order valence-corrected chi connectivity index (χ2v) is 4.41. The van der Waals surface area contributed by atoms with Crippen molar-refractivity contribution in [3.8, 4) is 0 Å². The predicted molar refractivity (Wildman–Crippen MR) is 66.8 cm³/mol. The number of carbonyl (C=O) groups excluding carboxylic acids is 2. The Balaban J connectivity index is 2.12. The highest BCUT2D eigenvalue weighted by molar-refractivity contribution is 6.29. The molecule has 0 fully saturated rings. The molecule has 18 heavy (non-hydrogen) atoms. The molecule has 0 atom stereocenters. The molecule has 1 aliphatic rings. The minimum atomic E-state index is -0.762. The third kappa shape index (κ3) is 1.48. The fourth-order valence-electron chi connectivity index (χ4n) is 2.34. The van der Waals surface area contributed by atoms with Crippen molar-refractivity contribution in [1.82, 2.24) is 4.98 Å². The van der Waals surface area contributed by atoms with Crippen LogP contribution in [0.25, 0.3) is 0 Å². The second kappa shape index (κ2) is 3.88. The lowest BCUT2D eigenvalue weighted by atomic mass is 9.99. The van der Waals surface area contributed by atoms with Crippen molar-refractivity contribution in [1.29, 1.82) is 0 Å². The van der Waals surface area contributed by atoms with Crippen LogP contribution in [0.5, 0.6) is 0 Å². The Morgan fingerprint density at radius 2 is 1.50 bits per heavy atom. The Kier molecular flexibility index (Phi) is 2.33. The fraction of sp³-hybridized carbons (Fsp3) is 0.133. The summed E-state index contributed by atoms with van der Waals surface area (Å²) in [6.45, 7) is 1.85. The fourth-order valence-corrected chi connectivity index (χ4v) is 2.34. The first-order valence-corrected chi connectivity index (χ1v) is 5.79. The van der Waals surface area contributed by atoms with Crippen LogP contribution in [0, 0.1) is 6.92 Å². The molecule has 0 amide bonds. The quantitative estimate of drug-likeness (QED) is 0.716. The van der Waals surface area contributed by atoms with Gasteiger partial charge in [-0.05, 0) is 19.1 Å². The lowest BCUT2D eigenvalue weighted by Crippen LogP contribution is -2.14. The smallest absolute Gasteiger partial charge is 0.180 e. The van der Waals surface area contributed by atoms with E-state index in [2.05, 4.69) is 4.98 Å². The molecule has 88 valence electrons. The summed E-state index contributed by atoms with van der Waals surface area (Å²) in [6, 6.07) is 12.4. The highest BCUT2D eigenvalue weighted by Gasteiger charge is 2.40. The maximum Gasteiger partial charge on any atom is 0.180 e. The van der Waals surface area contributed by atoms with Crippen LogP contribution in [0.3, 0.4) is 0 Å². The zero-order valence-corrected chi connectivity index (χ0v) is 9.88. The summed E-state index contributed by atoms with van der Waals surface area (Å²) in [7, 11) is 0. The SMILES string of the molecule is Cc1cccc(C2C(=O)c3ccccc3C2=O)n1. The molecular weight excluding hydrogens is 226 g/mol. The number of Topliss-reactive ketones (excluding diaryl/α,β-unsaturated/α-hetero) is 2. The van der Waals surface area contributed by atoms with E-state index in [0.29, 0.717) is 16.8 Å². The highest BCUT2D eigenvalue weighted by atomic mass is 16.2. The number of ketones is 2. The molecule has 1 heterocycles. The Morgan fingerprint density at radius 3 is 2.06 bits per heavy atom. The number of aryl methyl sites for hydroxylation is 1. The van der Waals surface area contributed by atoms with E-state index < -0.39 is 5.92 Å². The minimum absolute atomic E-state index is 0.145. The van der Waals surface area contributed by atoms with Gasteiger partial charge in [0.25, 0.3) is 0 Å². The first-order valence-electron chi connectivity index (χ1n) is 5.79. The van der Waals surface area contributed by atoms with Gasteiger partial charge >= 0.3 is 0 Å². The number of carbonyl (C=O) groups is 2. The van der Waals surface area contributed by atoms with Crippen LogP contribution in [0.15, 0.2) is 42.5 Å². The number of nitrogens with zero attached hydrogens (tertiary/aromatic N) is 1. The Morgan fingerprint density at radius 1 is 0.889 bits per heavy atom. The molecule has 2 aromatic rings. The van der Waals surface area contributed by atoms with E-state index in [-0.39, 0.29) is 11.6 Å². The van der Waals surface area contributed by atoms with Gasteiger partial charge in [-0.1, -0.05) is 30.3 Å². The molecule has 0 bridgehead atoms. The normalized spacial score (nSPS) is 14.9. The lowest BCUT2D eigenvalue weighted by molar-refractivity contribution is 0.0888. The average Bonchev–Trinajstić information content (AvgIpc) is 2.63. The summed E-state index contributed by atoms with van der Waals surface area (Å²) >= 11 is 0. The molecule has 0 saturated heterocycles. The van der Waals surface area contributed by atoms with Crippen LogP contribution in [0.2, 0.25) is 0 Å². The maximum absolute atomic E-state index is 12.3. The lowest BCUT2D eigenvalue weighted by Gasteiger charge is -2.06. The Hall–Kier alpha value is -2.29. The standard InChI is InChI=1S/C15H11NO2/c1-9-5-4-8-12(16-9)13-14(17)10-6-2-3-7-11(10)15(13)18/h2-8,13H,1H3. The predicted octanol–water partition coefficient (Wildman–Crippen LogP) is 2.55. The van der Waals surface area contributed by atoms with E-state index in [4.69, 9.17) is 0 Å². The van der Waals surface area contributed by atoms with Gasteiger partial charge in [0, 0.05) is 16.8 Å². The zero-order valence-electron chi connectivity index (χ0n) is 9.88. The molecule has 1 aromatic carbocycles. The summed E-state index contributed by atoms with van der Waals surface area (Å²) in [5, 5.41) is 0. The third-order valence-electron chi connectivity index (χ3n) is 3.19. The van der Waals surface area contributed by atoms with E-state index in [1.165, 1.54) is 0 Å². The molecule has 3 heteroatoms. The number of pyridine rings is 1. The number of benzene rings is 1. The Bertz CT molecular complexity index is 626. The van der Waals surface area contributed by atoms with Crippen LogP contribution < -0.4 is 0 Å². The van der Waals surface area contributed by atoms with Crippen molar-refractivity contribution >= 4 is 11.6 Å². The molecule has 0 spiro atoms. The number of aromatic nitrogens is 1. The maximum atomic E-state index is 12.3. The van der Waals surface area contributed by atoms with E-state index >= 15 is 0 Å². The van der Waals surface area contributed by atoms with Crippen molar-refractivity contribution in [3.63, 3.8) is 0 Å². The van der Waals surface area contributed by atoms with Crippen LogP contribution in [-0.2, 0) is 0 Å². The summed E-state index contributed by atoms with van der Waals surface area (Å²) in [5.41, 5.74) is 2.37. The summed E-state index contributed by atoms with van der Waals surface area (Å²) in [4.78, 5) is 28.8. The van der Waals surface area contributed by atoms with Gasteiger partial charge in [0.15, 0.2) is 11.6 Å². The van der Waals surface area contributed by atoms with Crippen molar-refractivity contribution in [2.45, 2.75) is 12.8 Å². The van der Waals surface area contributed by atoms with E-state index in [0.717, 1.165) is 5.69 Å². The topological polar surface area (TPSA) is 47.0 Å². The van der Waals surface area contributed by atoms with E-state index in [1.807, 2.05) is 19.1 Å². The molecular formula is C15H11NO2.